The minimum absolute atomic E-state index is 0.471. The highest BCUT2D eigenvalue weighted by atomic mass is 35.5. The topological polar surface area (TPSA) is 18.5 Å². The van der Waals surface area contributed by atoms with Gasteiger partial charge >= 0.3 is 0 Å². The Morgan fingerprint density at radius 2 is 1.48 bits per heavy atom. The molecule has 0 atom stereocenters. The van der Waals surface area contributed by atoms with E-state index in [2.05, 4.69) is 31.2 Å². The number of hydrogen-bond acceptors (Lipinski definition) is 2. The first kappa shape index (κ1) is 15.7. The summed E-state index contributed by atoms with van der Waals surface area (Å²) in [6.07, 6.45) is 1.05. The van der Waals surface area contributed by atoms with Crippen molar-refractivity contribution >= 4 is 11.6 Å². The molecule has 0 N–H and O–H groups in total. The van der Waals surface area contributed by atoms with E-state index in [9.17, 15) is 0 Å². The smallest absolute Gasteiger partial charge is 0.161 e. The Kier molecular flexibility index (Phi) is 5.94. The summed E-state index contributed by atoms with van der Waals surface area (Å²) in [6, 6.07) is 14.3. The predicted molar refractivity (Wildman–Crippen MR) is 87.3 cm³/mol. The van der Waals surface area contributed by atoms with E-state index < -0.39 is 0 Å². The first-order chi connectivity index (χ1) is 10.3. The van der Waals surface area contributed by atoms with Crippen molar-refractivity contribution in [3.05, 3.63) is 59.2 Å². The third kappa shape index (κ3) is 4.40. The summed E-state index contributed by atoms with van der Waals surface area (Å²) in [5, 5.41) is 0. The van der Waals surface area contributed by atoms with Gasteiger partial charge in [0, 0.05) is 5.88 Å². The van der Waals surface area contributed by atoms with Gasteiger partial charge in [-0.2, -0.15) is 0 Å². The number of benzene rings is 2. The predicted octanol–water partition coefficient (Wildman–Crippen LogP) is 4.97. The molecule has 0 fully saturated rings. The molecule has 0 saturated heterocycles. The number of aryl methyl sites for hydroxylation is 1. The average molecular weight is 305 g/mol. The lowest BCUT2D eigenvalue weighted by Crippen LogP contribution is -2.00. The standard InChI is InChI=1S/C18H21ClO2/c1-3-14-5-7-15(8-6-14)13-21-17-10-9-16(12-19)11-18(17)20-4-2/h5-11H,3-4,12-13H2,1-2H3. The maximum Gasteiger partial charge on any atom is 0.161 e. The Morgan fingerprint density at radius 3 is 2.10 bits per heavy atom. The van der Waals surface area contributed by atoms with Crippen molar-refractivity contribution in [2.24, 2.45) is 0 Å². The zero-order valence-electron chi connectivity index (χ0n) is 12.6. The summed E-state index contributed by atoms with van der Waals surface area (Å²) in [6.45, 7) is 5.25. The number of halogens is 1. The van der Waals surface area contributed by atoms with Crippen molar-refractivity contribution in [3.8, 4) is 11.5 Å². The van der Waals surface area contributed by atoms with E-state index in [-0.39, 0.29) is 0 Å². The summed E-state index contributed by atoms with van der Waals surface area (Å²) < 4.78 is 11.5. The summed E-state index contributed by atoms with van der Waals surface area (Å²) in [5.41, 5.74) is 3.51. The van der Waals surface area contributed by atoms with Crippen LogP contribution in [0.5, 0.6) is 11.5 Å². The normalized spacial score (nSPS) is 10.4. The fourth-order valence-electron chi connectivity index (χ4n) is 2.06. The summed E-state index contributed by atoms with van der Waals surface area (Å²) in [4.78, 5) is 0. The van der Waals surface area contributed by atoms with Gasteiger partial charge < -0.3 is 9.47 Å². The van der Waals surface area contributed by atoms with Gasteiger partial charge in [0.2, 0.25) is 0 Å². The molecule has 0 aliphatic carbocycles. The number of rotatable bonds is 7. The molecule has 0 saturated carbocycles. The van der Waals surface area contributed by atoms with Crippen molar-refractivity contribution < 1.29 is 9.47 Å². The molecular weight excluding hydrogens is 284 g/mol. The second-order valence-electron chi connectivity index (χ2n) is 4.81. The lowest BCUT2D eigenvalue weighted by atomic mass is 10.1. The van der Waals surface area contributed by atoms with Crippen LogP contribution in [0.3, 0.4) is 0 Å². The molecule has 0 aromatic heterocycles. The highest BCUT2D eigenvalue weighted by Gasteiger charge is 2.06. The fourth-order valence-corrected chi connectivity index (χ4v) is 2.22. The molecule has 0 radical (unpaired) electrons. The second kappa shape index (κ2) is 7.94. The Hall–Kier alpha value is -1.67. The molecule has 0 amide bonds. The van der Waals surface area contributed by atoms with Gasteiger partial charge in [-0.05, 0) is 42.2 Å². The molecule has 112 valence electrons. The Labute approximate surface area is 131 Å². The van der Waals surface area contributed by atoms with Crippen LogP contribution in [0.4, 0.5) is 0 Å². The Morgan fingerprint density at radius 1 is 0.810 bits per heavy atom. The van der Waals surface area contributed by atoms with Gasteiger partial charge in [-0.25, -0.2) is 0 Å². The van der Waals surface area contributed by atoms with Crippen LogP contribution in [0.25, 0.3) is 0 Å². The molecule has 2 nitrogen and oxygen atoms in total. The van der Waals surface area contributed by atoms with Crippen molar-refractivity contribution in [2.75, 3.05) is 6.61 Å². The third-order valence-electron chi connectivity index (χ3n) is 3.29. The number of alkyl halides is 1. The van der Waals surface area contributed by atoms with Gasteiger partial charge in [0.05, 0.1) is 6.61 Å². The maximum atomic E-state index is 5.88. The zero-order chi connectivity index (χ0) is 15.1. The van der Waals surface area contributed by atoms with Crippen molar-refractivity contribution in [1.29, 1.82) is 0 Å². The van der Waals surface area contributed by atoms with Crippen LogP contribution >= 0.6 is 11.6 Å². The quantitative estimate of drug-likeness (QED) is 0.673. The maximum absolute atomic E-state index is 5.88. The molecule has 2 rings (SSSR count). The molecule has 0 bridgehead atoms. The minimum atomic E-state index is 0.471. The van der Waals surface area contributed by atoms with Gasteiger partial charge in [-0.15, -0.1) is 11.6 Å². The second-order valence-corrected chi connectivity index (χ2v) is 5.07. The van der Waals surface area contributed by atoms with Crippen LogP contribution in [-0.2, 0) is 18.9 Å². The van der Waals surface area contributed by atoms with Crippen LogP contribution in [-0.4, -0.2) is 6.61 Å². The SMILES string of the molecule is CCOc1cc(CCl)ccc1OCc1ccc(CC)cc1. The van der Waals surface area contributed by atoms with E-state index >= 15 is 0 Å². The summed E-state index contributed by atoms with van der Waals surface area (Å²) in [7, 11) is 0. The lowest BCUT2D eigenvalue weighted by molar-refractivity contribution is 0.269. The van der Waals surface area contributed by atoms with Crippen LogP contribution in [0.1, 0.15) is 30.5 Å². The number of ether oxygens (including phenoxy) is 2. The Bertz CT molecular complexity index is 564. The van der Waals surface area contributed by atoms with Gasteiger partial charge in [-0.3, -0.25) is 0 Å². The first-order valence-electron chi connectivity index (χ1n) is 7.29. The van der Waals surface area contributed by atoms with Crippen molar-refractivity contribution in [3.63, 3.8) is 0 Å². The first-order valence-corrected chi connectivity index (χ1v) is 7.82. The van der Waals surface area contributed by atoms with E-state index in [0.717, 1.165) is 29.0 Å². The average Bonchev–Trinajstić information content (AvgIpc) is 2.54. The molecule has 0 aliphatic heterocycles. The van der Waals surface area contributed by atoms with Gasteiger partial charge in [0.25, 0.3) is 0 Å². The monoisotopic (exact) mass is 304 g/mol. The zero-order valence-corrected chi connectivity index (χ0v) is 13.3. The van der Waals surface area contributed by atoms with E-state index in [1.165, 1.54) is 5.56 Å². The van der Waals surface area contributed by atoms with E-state index in [0.29, 0.717) is 19.1 Å². The van der Waals surface area contributed by atoms with Crippen LogP contribution < -0.4 is 9.47 Å². The van der Waals surface area contributed by atoms with Crippen LogP contribution in [0.15, 0.2) is 42.5 Å². The van der Waals surface area contributed by atoms with Crippen LogP contribution in [0.2, 0.25) is 0 Å². The molecular formula is C18H21ClO2. The van der Waals surface area contributed by atoms with Crippen LogP contribution in [0, 0.1) is 0 Å². The molecule has 0 heterocycles. The van der Waals surface area contributed by atoms with Crippen molar-refractivity contribution in [2.45, 2.75) is 32.8 Å². The highest BCUT2D eigenvalue weighted by Crippen LogP contribution is 2.29. The molecule has 3 heteroatoms. The Balaban J connectivity index is 2.07. The molecule has 2 aromatic carbocycles. The largest absolute Gasteiger partial charge is 0.490 e. The molecule has 0 unspecified atom stereocenters. The third-order valence-corrected chi connectivity index (χ3v) is 3.60. The van der Waals surface area contributed by atoms with Gasteiger partial charge in [0.15, 0.2) is 11.5 Å². The van der Waals surface area contributed by atoms with E-state index in [4.69, 9.17) is 21.1 Å². The molecule has 21 heavy (non-hydrogen) atoms. The molecule has 2 aromatic rings. The van der Waals surface area contributed by atoms with Crippen molar-refractivity contribution in [1.82, 2.24) is 0 Å². The van der Waals surface area contributed by atoms with Gasteiger partial charge in [0.1, 0.15) is 6.61 Å². The van der Waals surface area contributed by atoms with E-state index in [1.54, 1.807) is 0 Å². The fraction of sp³-hybridized carbons (Fsp3) is 0.333. The minimum Gasteiger partial charge on any atom is -0.490 e. The van der Waals surface area contributed by atoms with Gasteiger partial charge in [-0.1, -0.05) is 37.3 Å². The molecule has 0 aliphatic rings. The summed E-state index contributed by atoms with van der Waals surface area (Å²) in [5.74, 6) is 1.98. The highest BCUT2D eigenvalue weighted by molar-refractivity contribution is 6.17. The molecule has 0 spiro atoms. The van der Waals surface area contributed by atoms with E-state index in [1.807, 2.05) is 25.1 Å². The summed E-state index contributed by atoms with van der Waals surface area (Å²) >= 11 is 5.86. The number of hydrogen-bond donors (Lipinski definition) is 0. The lowest BCUT2D eigenvalue weighted by Gasteiger charge is -2.13.